The second kappa shape index (κ2) is 11.0. The van der Waals surface area contributed by atoms with Crippen molar-refractivity contribution in [3.8, 4) is 11.8 Å². The van der Waals surface area contributed by atoms with E-state index < -0.39 is 5.97 Å². The number of amides is 1. The summed E-state index contributed by atoms with van der Waals surface area (Å²) >= 11 is 1.04. The first-order chi connectivity index (χ1) is 14.0. The molecule has 1 amide bonds. The molecular weight excluding hydrogens is 388 g/mol. The molecule has 6 nitrogen and oxygen atoms in total. The molecule has 0 radical (unpaired) electrons. The topological polar surface area (TPSA) is 88.4 Å². The van der Waals surface area contributed by atoms with Crippen molar-refractivity contribution in [2.75, 3.05) is 18.5 Å². The van der Waals surface area contributed by atoms with Gasteiger partial charge in [0.2, 0.25) is 5.91 Å². The summed E-state index contributed by atoms with van der Waals surface area (Å²) in [4.78, 5) is 24.6. The highest BCUT2D eigenvalue weighted by molar-refractivity contribution is 7.18. The third kappa shape index (κ3) is 6.19. The average molecular weight is 413 g/mol. The molecule has 0 spiro atoms. The number of nitrogens with zero attached hydrogens (tertiary/aromatic N) is 1. The minimum Gasteiger partial charge on any atom is -0.494 e. The number of carbonyl (C=O) groups is 2. The van der Waals surface area contributed by atoms with Crippen molar-refractivity contribution in [1.29, 1.82) is 5.26 Å². The Morgan fingerprint density at radius 1 is 1.24 bits per heavy atom. The molecule has 7 heteroatoms. The minimum absolute atomic E-state index is 0.241. The number of nitrogens with one attached hydrogen (secondary N) is 1. The van der Waals surface area contributed by atoms with E-state index in [1.165, 1.54) is 6.08 Å². The largest absolute Gasteiger partial charge is 0.494 e. The Morgan fingerprint density at radius 2 is 1.97 bits per heavy atom. The van der Waals surface area contributed by atoms with Crippen LogP contribution in [-0.2, 0) is 9.53 Å². The van der Waals surface area contributed by atoms with Gasteiger partial charge < -0.3 is 14.8 Å². The van der Waals surface area contributed by atoms with E-state index in [4.69, 9.17) is 9.47 Å². The van der Waals surface area contributed by atoms with E-state index in [-0.39, 0.29) is 18.1 Å². The van der Waals surface area contributed by atoms with Gasteiger partial charge in [-0.15, -0.1) is 11.3 Å². The fraction of sp³-hybridized carbons (Fsp3) is 0.318. The zero-order valence-electron chi connectivity index (χ0n) is 16.8. The minimum atomic E-state index is -0.496. The number of benzene rings is 1. The van der Waals surface area contributed by atoms with Crippen molar-refractivity contribution >= 4 is 34.3 Å². The standard InChI is InChI=1S/C22H24N2O4S/c1-4-6-13-28-17-10-7-16(8-11-17)9-12-19(25)24-21-18(14-23)15(3)20(29-21)22(26)27-5-2/h7-12H,4-6,13H2,1-3H3,(H,24,25). The van der Waals surface area contributed by atoms with Crippen LogP contribution in [0, 0.1) is 18.3 Å². The van der Waals surface area contributed by atoms with Crippen molar-refractivity contribution in [3.63, 3.8) is 0 Å². The molecule has 1 N–H and O–H groups in total. The third-order valence-corrected chi connectivity index (χ3v) is 5.22. The normalized spacial score (nSPS) is 10.6. The number of nitriles is 1. The molecule has 0 unspecified atom stereocenters. The fourth-order valence-electron chi connectivity index (χ4n) is 2.46. The molecule has 0 aliphatic heterocycles. The Morgan fingerprint density at radius 3 is 2.59 bits per heavy atom. The van der Waals surface area contributed by atoms with Gasteiger partial charge in [-0.25, -0.2) is 4.79 Å². The highest BCUT2D eigenvalue weighted by atomic mass is 32.1. The van der Waals surface area contributed by atoms with Crippen LogP contribution in [0.2, 0.25) is 0 Å². The van der Waals surface area contributed by atoms with E-state index in [9.17, 15) is 14.9 Å². The van der Waals surface area contributed by atoms with Crippen LogP contribution >= 0.6 is 11.3 Å². The van der Waals surface area contributed by atoms with E-state index in [1.54, 1.807) is 19.9 Å². The molecule has 0 bridgehead atoms. The zero-order valence-corrected chi connectivity index (χ0v) is 17.6. The van der Waals surface area contributed by atoms with Gasteiger partial charge >= 0.3 is 5.97 Å². The van der Waals surface area contributed by atoms with E-state index in [0.29, 0.717) is 22.0 Å². The van der Waals surface area contributed by atoms with E-state index in [0.717, 1.165) is 35.5 Å². The van der Waals surface area contributed by atoms with Crippen molar-refractivity contribution in [3.05, 3.63) is 51.9 Å². The summed E-state index contributed by atoms with van der Waals surface area (Å²) in [5, 5.41) is 12.4. The van der Waals surface area contributed by atoms with Crippen molar-refractivity contribution in [1.82, 2.24) is 0 Å². The van der Waals surface area contributed by atoms with Crippen LogP contribution in [0.1, 0.15) is 53.1 Å². The molecule has 2 aromatic rings. The zero-order chi connectivity index (χ0) is 21.2. The van der Waals surface area contributed by atoms with Crippen LogP contribution < -0.4 is 10.1 Å². The summed E-state index contributed by atoms with van der Waals surface area (Å²) in [6, 6.07) is 9.47. The van der Waals surface area contributed by atoms with Crippen LogP contribution in [0.3, 0.4) is 0 Å². The Balaban J connectivity index is 2.04. The predicted octanol–water partition coefficient (Wildman–Crippen LogP) is 4.94. The highest BCUT2D eigenvalue weighted by Crippen LogP contribution is 2.33. The summed E-state index contributed by atoms with van der Waals surface area (Å²) in [7, 11) is 0. The maximum absolute atomic E-state index is 12.3. The number of thiophene rings is 1. The lowest BCUT2D eigenvalue weighted by Crippen LogP contribution is -2.07. The van der Waals surface area contributed by atoms with E-state index >= 15 is 0 Å². The second-order valence-corrected chi connectivity index (χ2v) is 7.21. The van der Waals surface area contributed by atoms with Crippen LogP contribution in [-0.4, -0.2) is 25.1 Å². The lowest BCUT2D eigenvalue weighted by molar-refractivity contribution is -0.111. The fourth-order valence-corrected chi connectivity index (χ4v) is 3.52. The lowest BCUT2D eigenvalue weighted by Gasteiger charge is -2.05. The lowest BCUT2D eigenvalue weighted by atomic mass is 10.1. The van der Waals surface area contributed by atoms with Gasteiger partial charge in [-0.2, -0.15) is 5.26 Å². The maximum atomic E-state index is 12.3. The van der Waals surface area contributed by atoms with Gasteiger partial charge in [0, 0.05) is 6.08 Å². The number of hydrogen-bond acceptors (Lipinski definition) is 6. The number of ether oxygens (including phenoxy) is 2. The molecular formula is C22H24N2O4S. The maximum Gasteiger partial charge on any atom is 0.348 e. The van der Waals surface area contributed by atoms with Gasteiger partial charge in [-0.05, 0) is 49.6 Å². The number of hydrogen-bond donors (Lipinski definition) is 1. The van der Waals surface area contributed by atoms with Gasteiger partial charge in [0.15, 0.2) is 0 Å². The summed E-state index contributed by atoms with van der Waals surface area (Å²) < 4.78 is 10.6. The van der Waals surface area contributed by atoms with Crippen LogP contribution in [0.4, 0.5) is 5.00 Å². The van der Waals surface area contributed by atoms with Gasteiger partial charge in [-0.1, -0.05) is 25.5 Å². The first-order valence-corrected chi connectivity index (χ1v) is 10.2. The summed E-state index contributed by atoms with van der Waals surface area (Å²) in [6.45, 7) is 6.41. The molecule has 0 saturated heterocycles. The van der Waals surface area contributed by atoms with Gasteiger partial charge in [0.1, 0.15) is 21.7 Å². The summed E-state index contributed by atoms with van der Waals surface area (Å²) in [5.74, 6) is -0.0931. The van der Waals surface area contributed by atoms with Crippen LogP contribution in [0.15, 0.2) is 30.3 Å². The Labute approximate surface area is 174 Å². The first-order valence-electron chi connectivity index (χ1n) is 9.42. The van der Waals surface area contributed by atoms with Gasteiger partial charge in [0.25, 0.3) is 0 Å². The number of rotatable bonds is 9. The number of carbonyl (C=O) groups excluding carboxylic acids is 2. The highest BCUT2D eigenvalue weighted by Gasteiger charge is 2.21. The Bertz CT molecular complexity index is 924. The molecule has 152 valence electrons. The molecule has 0 aliphatic rings. The monoisotopic (exact) mass is 412 g/mol. The van der Waals surface area contributed by atoms with Crippen molar-refractivity contribution in [2.45, 2.75) is 33.6 Å². The summed E-state index contributed by atoms with van der Waals surface area (Å²) in [5.41, 5.74) is 1.63. The molecule has 1 aromatic heterocycles. The molecule has 0 fully saturated rings. The van der Waals surface area contributed by atoms with E-state index in [1.807, 2.05) is 30.3 Å². The quantitative estimate of drug-likeness (QED) is 0.358. The Hall–Kier alpha value is -3.11. The molecule has 1 aromatic carbocycles. The predicted molar refractivity (Wildman–Crippen MR) is 114 cm³/mol. The number of unbranched alkanes of at least 4 members (excludes halogenated alkanes) is 1. The molecule has 0 aliphatic carbocycles. The number of anilines is 1. The molecule has 2 rings (SSSR count). The van der Waals surface area contributed by atoms with E-state index in [2.05, 4.69) is 12.2 Å². The second-order valence-electron chi connectivity index (χ2n) is 6.19. The molecule has 1 heterocycles. The van der Waals surface area contributed by atoms with Crippen LogP contribution in [0.25, 0.3) is 6.08 Å². The third-order valence-electron chi connectivity index (χ3n) is 4.03. The van der Waals surface area contributed by atoms with Gasteiger partial charge in [0.05, 0.1) is 18.8 Å². The molecule has 29 heavy (non-hydrogen) atoms. The SMILES string of the molecule is CCCCOc1ccc(C=CC(=O)Nc2sc(C(=O)OCC)c(C)c2C#N)cc1. The smallest absolute Gasteiger partial charge is 0.348 e. The van der Waals surface area contributed by atoms with Crippen molar-refractivity contribution < 1.29 is 19.1 Å². The summed E-state index contributed by atoms with van der Waals surface area (Å²) in [6.07, 6.45) is 5.14. The molecule has 0 atom stereocenters. The Kier molecular flexibility index (Phi) is 8.44. The van der Waals surface area contributed by atoms with Crippen molar-refractivity contribution in [2.24, 2.45) is 0 Å². The average Bonchev–Trinajstić information content (AvgIpc) is 3.02. The first kappa shape index (κ1) is 22.2. The van der Waals surface area contributed by atoms with Crippen LogP contribution in [0.5, 0.6) is 5.75 Å². The number of esters is 1. The van der Waals surface area contributed by atoms with Gasteiger partial charge in [-0.3, -0.25) is 4.79 Å². The molecule has 0 saturated carbocycles.